The van der Waals surface area contributed by atoms with Gasteiger partial charge in [0, 0.05) is 6.04 Å². The van der Waals surface area contributed by atoms with E-state index < -0.39 is 5.60 Å². The summed E-state index contributed by atoms with van der Waals surface area (Å²) in [5, 5.41) is 10.1. The first kappa shape index (κ1) is 19.5. The summed E-state index contributed by atoms with van der Waals surface area (Å²) < 4.78 is 11.6. The Balaban J connectivity index is 1.26. The number of carbonyl (C=O) groups excluding carboxylic acids is 1. The number of piperidine rings is 1. The Morgan fingerprint density at radius 2 is 1.89 bits per heavy atom. The van der Waals surface area contributed by atoms with E-state index in [2.05, 4.69) is 4.90 Å². The summed E-state index contributed by atoms with van der Waals surface area (Å²) in [5.74, 6) is 0.848. The molecule has 0 aromatic heterocycles. The molecule has 1 spiro atoms. The van der Waals surface area contributed by atoms with Crippen LogP contribution in [0.15, 0.2) is 24.3 Å². The molecule has 0 aliphatic carbocycles. The highest BCUT2D eigenvalue weighted by Crippen LogP contribution is 2.40. The average Bonchev–Trinajstić information content (AvgIpc) is 3.05. The lowest BCUT2D eigenvalue weighted by Crippen LogP contribution is -2.64. The number of carbonyl (C=O) groups is 1. The molecule has 0 radical (unpaired) electrons. The zero-order chi connectivity index (χ0) is 19.9. The molecule has 6 heteroatoms. The lowest BCUT2D eigenvalue weighted by molar-refractivity contribution is -0.109. The van der Waals surface area contributed by atoms with Crippen molar-refractivity contribution in [1.29, 1.82) is 0 Å². The smallest absolute Gasteiger partial charge is 0.410 e. The fraction of sp³-hybridized carbons (Fsp3) is 0.682. The second-order valence-corrected chi connectivity index (χ2v) is 9.56. The highest BCUT2D eigenvalue weighted by molar-refractivity contribution is 5.69. The van der Waals surface area contributed by atoms with E-state index >= 15 is 0 Å². The third-order valence-corrected chi connectivity index (χ3v) is 6.22. The fourth-order valence-corrected chi connectivity index (χ4v) is 4.79. The summed E-state index contributed by atoms with van der Waals surface area (Å²) in [6.07, 6.45) is 2.86. The van der Waals surface area contributed by atoms with Crippen molar-refractivity contribution in [1.82, 2.24) is 9.80 Å². The monoisotopic (exact) mass is 388 g/mol. The van der Waals surface area contributed by atoms with Crippen molar-refractivity contribution >= 4 is 6.09 Å². The van der Waals surface area contributed by atoms with Crippen LogP contribution in [0.4, 0.5) is 4.79 Å². The minimum atomic E-state index is -0.462. The Kier molecular flexibility index (Phi) is 5.04. The zero-order valence-corrected chi connectivity index (χ0v) is 17.2. The van der Waals surface area contributed by atoms with E-state index in [1.54, 1.807) is 11.0 Å². The zero-order valence-electron chi connectivity index (χ0n) is 17.2. The first-order valence-electron chi connectivity index (χ1n) is 10.4. The van der Waals surface area contributed by atoms with Crippen LogP contribution in [0.25, 0.3) is 0 Å². The SMILES string of the molecule is CC(C)(C)OC(=O)N1CC2(CC(N3CCC(c4ccccc4O)CC3)CO2)C1. The van der Waals surface area contributed by atoms with Crippen LogP contribution < -0.4 is 0 Å². The Morgan fingerprint density at radius 3 is 2.54 bits per heavy atom. The van der Waals surface area contributed by atoms with Crippen LogP contribution in [0.5, 0.6) is 5.75 Å². The number of aromatic hydroxyl groups is 1. The standard InChI is InChI=1S/C22H32N2O4/c1-21(2,3)28-20(26)24-14-22(15-24)12-17(13-27-22)23-10-8-16(9-11-23)18-6-4-5-7-19(18)25/h4-7,16-17,25H,8-15H2,1-3H3. The molecule has 1 N–H and O–H groups in total. The molecule has 1 aromatic rings. The van der Waals surface area contributed by atoms with E-state index in [0.717, 1.165) is 44.5 Å². The molecule has 3 heterocycles. The summed E-state index contributed by atoms with van der Waals surface area (Å²) in [6.45, 7) is 9.73. The van der Waals surface area contributed by atoms with Crippen LogP contribution in [0.3, 0.4) is 0 Å². The van der Waals surface area contributed by atoms with Crippen molar-refractivity contribution in [3.8, 4) is 5.75 Å². The summed E-state index contributed by atoms with van der Waals surface area (Å²) in [5.41, 5.74) is 0.431. The number of nitrogens with zero attached hydrogens (tertiary/aromatic N) is 2. The first-order chi connectivity index (χ1) is 13.2. The maximum Gasteiger partial charge on any atom is 0.410 e. The molecule has 1 unspecified atom stereocenters. The van der Waals surface area contributed by atoms with Gasteiger partial charge in [-0.2, -0.15) is 0 Å². The molecule has 28 heavy (non-hydrogen) atoms. The maximum atomic E-state index is 12.2. The van der Waals surface area contributed by atoms with Crippen LogP contribution in [-0.4, -0.2) is 71.0 Å². The number of rotatable bonds is 2. The van der Waals surface area contributed by atoms with Gasteiger partial charge in [0.05, 0.1) is 19.7 Å². The second kappa shape index (κ2) is 7.23. The van der Waals surface area contributed by atoms with Gasteiger partial charge in [0.2, 0.25) is 0 Å². The number of phenols is 1. The van der Waals surface area contributed by atoms with Crippen LogP contribution in [-0.2, 0) is 9.47 Å². The third kappa shape index (κ3) is 3.98. The number of hydrogen-bond acceptors (Lipinski definition) is 5. The second-order valence-electron chi connectivity index (χ2n) is 9.56. The Bertz CT molecular complexity index is 715. The van der Waals surface area contributed by atoms with Gasteiger partial charge in [0.15, 0.2) is 0 Å². The average molecular weight is 389 g/mol. The summed E-state index contributed by atoms with van der Waals surface area (Å²) in [7, 11) is 0. The number of hydrogen-bond donors (Lipinski definition) is 1. The Hall–Kier alpha value is -1.79. The maximum absolute atomic E-state index is 12.2. The molecule has 3 aliphatic heterocycles. The number of likely N-dealkylation sites (tertiary alicyclic amines) is 2. The summed E-state index contributed by atoms with van der Waals surface area (Å²) >= 11 is 0. The molecule has 0 saturated carbocycles. The quantitative estimate of drug-likeness (QED) is 0.842. The van der Waals surface area contributed by atoms with Crippen molar-refractivity contribution < 1.29 is 19.4 Å². The highest BCUT2D eigenvalue weighted by Gasteiger charge is 2.53. The predicted octanol–water partition coefficient (Wildman–Crippen LogP) is 3.35. The van der Waals surface area contributed by atoms with Gasteiger partial charge in [0.1, 0.15) is 17.0 Å². The molecule has 3 saturated heterocycles. The van der Waals surface area contributed by atoms with Gasteiger partial charge >= 0.3 is 6.09 Å². The van der Waals surface area contributed by atoms with Crippen molar-refractivity contribution in [3.05, 3.63) is 29.8 Å². The lowest BCUT2D eigenvalue weighted by Gasteiger charge is -2.47. The summed E-state index contributed by atoms with van der Waals surface area (Å²) in [6, 6.07) is 8.13. The fourth-order valence-electron chi connectivity index (χ4n) is 4.79. The van der Waals surface area contributed by atoms with Gasteiger partial charge in [-0.15, -0.1) is 0 Å². The predicted molar refractivity (Wildman–Crippen MR) is 107 cm³/mol. The van der Waals surface area contributed by atoms with E-state index in [9.17, 15) is 9.90 Å². The molecular formula is C22H32N2O4. The number of amides is 1. The Labute approximate surface area is 167 Å². The van der Waals surface area contributed by atoms with Gasteiger partial charge in [-0.05, 0) is 70.7 Å². The van der Waals surface area contributed by atoms with Crippen molar-refractivity contribution in [2.24, 2.45) is 0 Å². The summed E-state index contributed by atoms with van der Waals surface area (Å²) in [4.78, 5) is 16.5. The van der Waals surface area contributed by atoms with E-state index in [-0.39, 0.29) is 11.7 Å². The molecule has 154 valence electrons. The Morgan fingerprint density at radius 1 is 1.21 bits per heavy atom. The molecule has 1 amide bonds. The van der Waals surface area contributed by atoms with Crippen LogP contribution >= 0.6 is 0 Å². The largest absolute Gasteiger partial charge is 0.508 e. The van der Waals surface area contributed by atoms with Crippen LogP contribution in [0.2, 0.25) is 0 Å². The molecule has 1 aromatic carbocycles. The minimum Gasteiger partial charge on any atom is -0.508 e. The van der Waals surface area contributed by atoms with Gasteiger partial charge in [-0.1, -0.05) is 18.2 Å². The highest BCUT2D eigenvalue weighted by atomic mass is 16.6. The molecule has 6 nitrogen and oxygen atoms in total. The van der Waals surface area contributed by atoms with Gasteiger partial charge < -0.3 is 19.5 Å². The van der Waals surface area contributed by atoms with E-state index in [0.29, 0.717) is 30.8 Å². The molecular weight excluding hydrogens is 356 g/mol. The number of benzene rings is 1. The van der Waals surface area contributed by atoms with E-state index in [1.807, 2.05) is 39.0 Å². The number of para-hydroxylation sites is 1. The van der Waals surface area contributed by atoms with Crippen molar-refractivity contribution in [2.75, 3.05) is 32.8 Å². The third-order valence-electron chi connectivity index (χ3n) is 6.22. The normalized spacial score (nSPS) is 25.7. The minimum absolute atomic E-state index is 0.184. The van der Waals surface area contributed by atoms with Crippen molar-refractivity contribution in [3.63, 3.8) is 0 Å². The molecule has 3 fully saturated rings. The van der Waals surface area contributed by atoms with E-state index in [4.69, 9.17) is 9.47 Å². The molecule has 1 atom stereocenters. The van der Waals surface area contributed by atoms with Gasteiger partial charge in [-0.3, -0.25) is 4.90 Å². The first-order valence-corrected chi connectivity index (χ1v) is 10.4. The number of ether oxygens (including phenoxy) is 2. The van der Waals surface area contributed by atoms with Crippen LogP contribution in [0.1, 0.15) is 51.5 Å². The van der Waals surface area contributed by atoms with Gasteiger partial charge in [-0.25, -0.2) is 4.79 Å². The number of phenolic OH excluding ortho intramolecular Hbond substituents is 1. The van der Waals surface area contributed by atoms with E-state index in [1.165, 1.54) is 0 Å². The van der Waals surface area contributed by atoms with Crippen molar-refractivity contribution in [2.45, 2.75) is 63.2 Å². The van der Waals surface area contributed by atoms with Gasteiger partial charge in [0.25, 0.3) is 0 Å². The molecule has 4 rings (SSSR count). The lowest BCUT2D eigenvalue weighted by atomic mass is 9.86. The topological polar surface area (TPSA) is 62.2 Å². The molecule has 0 bridgehead atoms. The molecule has 3 aliphatic rings. The van der Waals surface area contributed by atoms with Crippen LogP contribution in [0, 0.1) is 0 Å².